The van der Waals surface area contributed by atoms with Crippen LogP contribution in [-0.2, 0) is 11.2 Å². The maximum atomic E-state index is 11.9. The van der Waals surface area contributed by atoms with Gasteiger partial charge in [0, 0.05) is 12.2 Å². The molecule has 0 bridgehead atoms. The van der Waals surface area contributed by atoms with Crippen LogP contribution in [-0.4, -0.2) is 18.5 Å². The van der Waals surface area contributed by atoms with Crippen LogP contribution in [0.3, 0.4) is 0 Å². The van der Waals surface area contributed by atoms with E-state index in [4.69, 9.17) is 0 Å². The van der Waals surface area contributed by atoms with Gasteiger partial charge in [0.25, 0.3) is 0 Å². The zero-order chi connectivity index (χ0) is 15.7. The second kappa shape index (κ2) is 9.43. The van der Waals surface area contributed by atoms with Gasteiger partial charge in [-0.05, 0) is 43.4 Å². The van der Waals surface area contributed by atoms with Gasteiger partial charge in [0.1, 0.15) is 6.04 Å². The van der Waals surface area contributed by atoms with Crippen molar-refractivity contribution >= 4 is 11.6 Å². The van der Waals surface area contributed by atoms with Crippen molar-refractivity contribution in [1.29, 1.82) is 0 Å². The van der Waals surface area contributed by atoms with E-state index in [1.807, 2.05) is 6.92 Å². The molecule has 0 saturated carbocycles. The fraction of sp³-hybridized carbons (Fsp3) is 0.611. The van der Waals surface area contributed by atoms with Gasteiger partial charge in [0.15, 0.2) is 0 Å². The average Bonchev–Trinajstić information content (AvgIpc) is 2.46. The van der Waals surface area contributed by atoms with Gasteiger partial charge < -0.3 is 10.6 Å². The van der Waals surface area contributed by atoms with Gasteiger partial charge in [-0.25, -0.2) is 0 Å². The van der Waals surface area contributed by atoms with Crippen molar-refractivity contribution in [2.45, 2.75) is 59.4 Å². The van der Waals surface area contributed by atoms with Crippen molar-refractivity contribution in [3.63, 3.8) is 0 Å². The van der Waals surface area contributed by atoms with Gasteiger partial charge in [-0.15, -0.1) is 0 Å². The topological polar surface area (TPSA) is 41.1 Å². The van der Waals surface area contributed by atoms with Crippen molar-refractivity contribution in [1.82, 2.24) is 5.32 Å². The highest BCUT2D eigenvalue weighted by Crippen LogP contribution is 2.13. The van der Waals surface area contributed by atoms with Crippen LogP contribution in [0.5, 0.6) is 0 Å². The summed E-state index contributed by atoms with van der Waals surface area (Å²) in [6.07, 6.45) is 4.92. The summed E-state index contributed by atoms with van der Waals surface area (Å²) in [7, 11) is 0. The van der Waals surface area contributed by atoms with Crippen LogP contribution in [0.2, 0.25) is 0 Å². The minimum absolute atomic E-state index is 0.0516. The fourth-order valence-corrected chi connectivity index (χ4v) is 2.12. The van der Waals surface area contributed by atoms with Crippen LogP contribution in [0.4, 0.5) is 5.69 Å². The lowest BCUT2D eigenvalue weighted by Crippen LogP contribution is -2.39. The molecular formula is C18H30N2O. The lowest BCUT2D eigenvalue weighted by molar-refractivity contribution is -0.121. The van der Waals surface area contributed by atoms with E-state index in [1.54, 1.807) is 0 Å². The number of rotatable bonds is 9. The van der Waals surface area contributed by atoms with Gasteiger partial charge in [0.2, 0.25) is 5.91 Å². The Morgan fingerprint density at radius 2 is 1.76 bits per heavy atom. The van der Waals surface area contributed by atoms with Crippen LogP contribution in [0.15, 0.2) is 24.3 Å². The summed E-state index contributed by atoms with van der Waals surface area (Å²) < 4.78 is 0. The first-order valence-electron chi connectivity index (χ1n) is 8.16. The first-order valence-corrected chi connectivity index (χ1v) is 8.16. The average molecular weight is 290 g/mol. The van der Waals surface area contributed by atoms with Gasteiger partial charge in [-0.3, -0.25) is 4.79 Å². The highest BCUT2D eigenvalue weighted by molar-refractivity contribution is 5.84. The molecule has 21 heavy (non-hydrogen) atoms. The summed E-state index contributed by atoms with van der Waals surface area (Å²) in [6, 6.07) is 8.21. The Morgan fingerprint density at radius 3 is 2.33 bits per heavy atom. The van der Waals surface area contributed by atoms with E-state index < -0.39 is 0 Å². The van der Waals surface area contributed by atoms with E-state index in [0.717, 1.165) is 18.7 Å². The van der Waals surface area contributed by atoms with Crippen molar-refractivity contribution in [2.24, 2.45) is 5.92 Å². The SMILES string of the molecule is CCCCCc1ccc(NC(C)C(=O)NCC(C)C)cc1. The minimum Gasteiger partial charge on any atom is -0.374 e. The Bertz CT molecular complexity index is 412. The van der Waals surface area contributed by atoms with E-state index in [1.165, 1.54) is 24.8 Å². The molecule has 0 fully saturated rings. The molecule has 0 heterocycles. The van der Waals surface area contributed by atoms with Crippen LogP contribution in [0.25, 0.3) is 0 Å². The summed E-state index contributed by atoms with van der Waals surface area (Å²) in [5.74, 6) is 0.527. The summed E-state index contributed by atoms with van der Waals surface area (Å²) in [5.41, 5.74) is 2.37. The molecule has 0 radical (unpaired) electrons. The number of unbranched alkanes of at least 4 members (excludes halogenated alkanes) is 2. The quantitative estimate of drug-likeness (QED) is 0.675. The van der Waals surface area contributed by atoms with Crippen molar-refractivity contribution < 1.29 is 4.79 Å². The first-order chi connectivity index (χ1) is 10.0. The molecule has 1 amide bonds. The van der Waals surface area contributed by atoms with Crippen LogP contribution >= 0.6 is 0 Å². The van der Waals surface area contributed by atoms with Crippen LogP contribution in [0, 0.1) is 5.92 Å². The normalized spacial score (nSPS) is 12.2. The van der Waals surface area contributed by atoms with Crippen molar-refractivity contribution in [2.75, 3.05) is 11.9 Å². The zero-order valence-corrected chi connectivity index (χ0v) is 13.9. The third-order valence-electron chi connectivity index (χ3n) is 3.48. The molecule has 3 heteroatoms. The molecule has 0 aliphatic heterocycles. The maximum Gasteiger partial charge on any atom is 0.242 e. The number of benzene rings is 1. The molecule has 0 aromatic heterocycles. The van der Waals surface area contributed by atoms with Crippen LogP contribution < -0.4 is 10.6 Å². The predicted molar refractivity (Wildman–Crippen MR) is 90.6 cm³/mol. The number of carbonyl (C=O) groups is 1. The van der Waals surface area contributed by atoms with Gasteiger partial charge >= 0.3 is 0 Å². The third-order valence-corrected chi connectivity index (χ3v) is 3.48. The van der Waals surface area contributed by atoms with Crippen LogP contribution in [0.1, 0.15) is 52.5 Å². The fourth-order valence-electron chi connectivity index (χ4n) is 2.12. The highest BCUT2D eigenvalue weighted by Gasteiger charge is 2.12. The summed E-state index contributed by atoms with van der Waals surface area (Å²) in [6.45, 7) is 9.02. The Balaban J connectivity index is 2.41. The van der Waals surface area contributed by atoms with E-state index >= 15 is 0 Å². The zero-order valence-electron chi connectivity index (χ0n) is 13.9. The Labute approximate surface area is 129 Å². The maximum absolute atomic E-state index is 11.9. The molecule has 1 aromatic rings. The largest absolute Gasteiger partial charge is 0.374 e. The highest BCUT2D eigenvalue weighted by atomic mass is 16.2. The second-order valence-corrected chi connectivity index (χ2v) is 6.16. The molecule has 2 N–H and O–H groups in total. The predicted octanol–water partition coefficient (Wildman–Crippen LogP) is 3.99. The number of carbonyl (C=O) groups excluding carboxylic acids is 1. The number of nitrogens with one attached hydrogen (secondary N) is 2. The van der Waals surface area contributed by atoms with E-state index in [-0.39, 0.29) is 11.9 Å². The monoisotopic (exact) mass is 290 g/mol. The number of amides is 1. The minimum atomic E-state index is -0.213. The van der Waals surface area contributed by atoms with Gasteiger partial charge in [-0.2, -0.15) is 0 Å². The summed E-state index contributed by atoms with van der Waals surface area (Å²) >= 11 is 0. The molecule has 0 spiro atoms. The smallest absolute Gasteiger partial charge is 0.242 e. The van der Waals surface area contributed by atoms with Gasteiger partial charge in [-0.1, -0.05) is 45.7 Å². The molecule has 0 aliphatic carbocycles. The summed E-state index contributed by atoms with van der Waals surface area (Å²) in [4.78, 5) is 11.9. The molecule has 1 unspecified atom stereocenters. The Morgan fingerprint density at radius 1 is 1.10 bits per heavy atom. The van der Waals surface area contributed by atoms with E-state index in [0.29, 0.717) is 5.92 Å². The molecule has 1 rings (SSSR count). The molecular weight excluding hydrogens is 260 g/mol. The standard InChI is InChI=1S/C18H30N2O/c1-5-6-7-8-16-9-11-17(12-10-16)20-15(4)18(21)19-13-14(2)3/h9-12,14-15,20H,5-8,13H2,1-4H3,(H,19,21). The number of anilines is 1. The molecule has 0 aliphatic rings. The Kier molecular flexibility index (Phi) is 7.88. The number of aryl methyl sites for hydroxylation is 1. The molecule has 0 saturated heterocycles. The molecule has 118 valence electrons. The number of hydrogen-bond donors (Lipinski definition) is 2. The van der Waals surface area contributed by atoms with Gasteiger partial charge in [0.05, 0.1) is 0 Å². The van der Waals surface area contributed by atoms with Crippen molar-refractivity contribution in [3.05, 3.63) is 29.8 Å². The van der Waals surface area contributed by atoms with Crippen molar-refractivity contribution in [3.8, 4) is 0 Å². The lowest BCUT2D eigenvalue weighted by atomic mass is 10.1. The second-order valence-electron chi connectivity index (χ2n) is 6.16. The number of hydrogen-bond acceptors (Lipinski definition) is 2. The summed E-state index contributed by atoms with van der Waals surface area (Å²) in [5, 5.41) is 6.19. The third kappa shape index (κ3) is 7.16. The molecule has 1 atom stereocenters. The lowest BCUT2D eigenvalue weighted by Gasteiger charge is -2.16. The first kappa shape index (κ1) is 17.5. The van der Waals surface area contributed by atoms with E-state index in [9.17, 15) is 4.79 Å². The molecule has 3 nitrogen and oxygen atoms in total. The van der Waals surface area contributed by atoms with E-state index in [2.05, 4.69) is 55.7 Å². The Hall–Kier alpha value is -1.51. The molecule has 1 aromatic carbocycles.